The van der Waals surface area contributed by atoms with Gasteiger partial charge in [-0.3, -0.25) is 14.5 Å². The number of nitrogens with zero attached hydrogens (tertiary/aromatic N) is 3. The van der Waals surface area contributed by atoms with Gasteiger partial charge in [0.05, 0.1) is 18.5 Å². The van der Waals surface area contributed by atoms with E-state index in [0.29, 0.717) is 36.4 Å². The van der Waals surface area contributed by atoms with E-state index in [1.165, 1.54) is 0 Å². The smallest absolute Gasteiger partial charge is 0.264 e. The molecule has 6 rings (SSSR count). The first-order valence-corrected chi connectivity index (χ1v) is 18.0. The highest BCUT2D eigenvalue weighted by Crippen LogP contribution is 2.60. The molecule has 4 atom stereocenters. The summed E-state index contributed by atoms with van der Waals surface area (Å²) in [5.74, 6) is -0.648. The van der Waals surface area contributed by atoms with Gasteiger partial charge in [-0.15, -0.1) is 6.58 Å². The Kier molecular flexibility index (Phi) is 7.32. The third-order valence-corrected chi connectivity index (χ3v) is 12.4. The first kappa shape index (κ1) is 29.0. The van der Waals surface area contributed by atoms with Crippen molar-refractivity contribution in [2.45, 2.75) is 62.1 Å². The molecular formula is C32H41FN4O4Si. The van der Waals surface area contributed by atoms with Crippen molar-refractivity contribution >= 4 is 37.3 Å². The average molecular weight is 593 g/mol. The topological polar surface area (TPSA) is 85.3 Å². The molecule has 0 unspecified atom stereocenters. The van der Waals surface area contributed by atoms with Crippen LogP contribution < -0.4 is 20.0 Å². The number of ether oxygens (including phenoxy) is 1. The van der Waals surface area contributed by atoms with Gasteiger partial charge in [-0.2, -0.15) is 0 Å². The summed E-state index contributed by atoms with van der Waals surface area (Å²) in [5.41, 5.74) is 0.508. The lowest BCUT2D eigenvalue weighted by Gasteiger charge is -2.39. The molecule has 3 fully saturated rings. The van der Waals surface area contributed by atoms with Gasteiger partial charge >= 0.3 is 0 Å². The number of halogens is 1. The van der Waals surface area contributed by atoms with Crippen LogP contribution in [-0.4, -0.2) is 69.9 Å². The highest BCUT2D eigenvalue weighted by molar-refractivity contribution is 6.72. The summed E-state index contributed by atoms with van der Waals surface area (Å²) >= 11 is 0. The number of piperidine rings is 1. The number of rotatable bonds is 7. The molecule has 4 aliphatic rings. The van der Waals surface area contributed by atoms with Crippen molar-refractivity contribution in [1.82, 2.24) is 5.32 Å². The first-order valence-electron chi connectivity index (χ1n) is 15.0. The maximum absolute atomic E-state index is 15.9. The second kappa shape index (κ2) is 10.6. The summed E-state index contributed by atoms with van der Waals surface area (Å²) in [4.78, 5) is 34.3. The van der Waals surface area contributed by atoms with Crippen LogP contribution in [0.4, 0.5) is 21.2 Å². The molecule has 2 N–H and O–H groups in total. The molecule has 0 aliphatic carbocycles. The van der Waals surface area contributed by atoms with Crippen molar-refractivity contribution in [3.05, 3.63) is 66.7 Å². The summed E-state index contributed by atoms with van der Waals surface area (Å²) in [5, 5.41) is 13.2. The highest BCUT2D eigenvalue weighted by Gasteiger charge is 2.66. The Bertz CT molecular complexity index is 1380. The minimum Gasteiger partial charge on any atom is -0.396 e. The predicted octanol–water partition coefficient (Wildman–Crippen LogP) is 4.31. The normalized spacial score (nSPS) is 28.8. The van der Waals surface area contributed by atoms with Gasteiger partial charge in [0, 0.05) is 41.5 Å². The van der Waals surface area contributed by atoms with E-state index >= 15 is 4.11 Å². The molecule has 0 bridgehead atoms. The second-order valence-electron chi connectivity index (χ2n) is 12.6. The van der Waals surface area contributed by atoms with Gasteiger partial charge in [-0.05, 0) is 75.8 Å². The van der Waals surface area contributed by atoms with E-state index in [1.54, 1.807) is 24.1 Å². The number of hydrogen-bond donors (Lipinski definition) is 2. The maximum atomic E-state index is 15.9. The van der Waals surface area contributed by atoms with Crippen molar-refractivity contribution in [2.24, 2.45) is 5.92 Å². The largest absolute Gasteiger partial charge is 0.396 e. The zero-order chi connectivity index (χ0) is 29.9. The fourth-order valence-electron chi connectivity index (χ4n) is 8.08. The third-order valence-electron chi connectivity index (χ3n) is 9.92. The first-order chi connectivity index (χ1) is 20.1. The van der Waals surface area contributed by atoms with Crippen molar-refractivity contribution in [3.8, 4) is 0 Å². The summed E-state index contributed by atoms with van der Waals surface area (Å²) in [6, 6.07) is 15.7. The minimum absolute atomic E-state index is 0.0443. The zero-order valence-electron chi connectivity index (χ0n) is 24.7. The number of carbonyl (C=O) groups is 2. The molecule has 0 aromatic heterocycles. The molecule has 2 aromatic rings. The van der Waals surface area contributed by atoms with Crippen molar-refractivity contribution in [1.29, 1.82) is 0 Å². The minimum atomic E-state index is -3.30. The van der Waals surface area contributed by atoms with Crippen LogP contribution in [-0.2, 0) is 19.9 Å². The van der Waals surface area contributed by atoms with Crippen LogP contribution in [0.5, 0.6) is 0 Å². The maximum Gasteiger partial charge on any atom is 0.264 e. The Morgan fingerprint density at radius 3 is 2.48 bits per heavy atom. The quantitative estimate of drug-likeness (QED) is 0.283. The number of benzene rings is 2. The van der Waals surface area contributed by atoms with Crippen molar-refractivity contribution in [3.63, 3.8) is 0 Å². The number of nitrogens with one attached hydrogen (secondary N) is 1. The van der Waals surface area contributed by atoms with Crippen LogP contribution in [0.25, 0.3) is 0 Å². The van der Waals surface area contributed by atoms with Gasteiger partial charge in [0.2, 0.25) is 8.41 Å². The summed E-state index contributed by atoms with van der Waals surface area (Å²) in [6.07, 6.45) is 2.74. The number of hydrogen-bond acceptors (Lipinski definition) is 6. The third kappa shape index (κ3) is 4.17. The summed E-state index contributed by atoms with van der Waals surface area (Å²) < 4.78 is 22.5. The molecular weight excluding hydrogens is 551 g/mol. The fraction of sp³-hybridized carbons (Fsp3) is 0.500. The van der Waals surface area contributed by atoms with E-state index in [4.69, 9.17) is 4.74 Å². The standard InChI is InChI=1S/C32H41FN4O4Si/c1-5-18-35-26-12-11-24(20-25(26)32(30(35)40)22(2)28(42(3,4)33)27(41-32)13-19-38)36-21-37(23-9-7-6-8-10-23)31(29(36)39)14-16-34-17-15-31/h5-12,20,22,27-28,34,38H,1,13-19,21H2,2-4H3/t22-,27+,28-,32+/m0/s1. The second-order valence-corrected chi connectivity index (χ2v) is 16.4. The predicted molar refractivity (Wildman–Crippen MR) is 165 cm³/mol. The number of aliphatic hydroxyl groups is 1. The molecule has 0 radical (unpaired) electrons. The Morgan fingerprint density at radius 2 is 1.83 bits per heavy atom. The van der Waals surface area contributed by atoms with E-state index in [0.717, 1.165) is 18.8 Å². The number of fused-ring (bicyclic) bond motifs is 2. The van der Waals surface area contributed by atoms with Crippen LogP contribution in [0.15, 0.2) is 61.2 Å². The van der Waals surface area contributed by atoms with Crippen molar-refractivity contribution in [2.75, 3.05) is 47.6 Å². The van der Waals surface area contributed by atoms with E-state index in [1.807, 2.05) is 60.4 Å². The van der Waals surface area contributed by atoms with Crippen LogP contribution in [0.1, 0.15) is 31.7 Å². The Balaban J connectivity index is 1.46. The number of amides is 2. The van der Waals surface area contributed by atoms with E-state index < -0.39 is 37.1 Å². The Hall–Kier alpha value is -3.05. The highest BCUT2D eigenvalue weighted by atomic mass is 28.4. The van der Waals surface area contributed by atoms with Gasteiger partial charge in [0.15, 0.2) is 5.60 Å². The molecule has 3 saturated heterocycles. The molecule has 2 aromatic carbocycles. The van der Waals surface area contributed by atoms with Gasteiger partial charge in [0.1, 0.15) is 5.54 Å². The average Bonchev–Trinajstić information content (AvgIpc) is 3.52. The van der Waals surface area contributed by atoms with Crippen molar-refractivity contribution < 1.29 is 23.5 Å². The molecule has 2 amide bonds. The SMILES string of the molecule is C=CCN1C(=O)[C@]2(O[C@H](CCO)[C@@H]([Si](C)(C)F)[C@@H]2C)c2cc(N3CN(c4ccccc4)C4(CCNCC4)C3=O)ccc21. The molecule has 0 saturated carbocycles. The molecule has 4 heterocycles. The molecule has 42 heavy (non-hydrogen) atoms. The van der Waals surface area contributed by atoms with Crippen LogP contribution >= 0.6 is 0 Å². The van der Waals surface area contributed by atoms with E-state index in [-0.39, 0.29) is 31.4 Å². The summed E-state index contributed by atoms with van der Waals surface area (Å²) in [7, 11) is -3.30. The molecule has 10 heteroatoms. The lowest BCUT2D eigenvalue weighted by atomic mass is 9.82. The molecule has 8 nitrogen and oxygen atoms in total. The van der Waals surface area contributed by atoms with Gasteiger partial charge in [-0.1, -0.05) is 31.2 Å². The monoisotopic (exact) mass is 592 g/mol. The Morgan fingerprint density at radius 1 is 1.12 bits per heavy atom. The van der Waals surface area contributed by atoms with Gasteiger partial charge in [0.25, 0.3) is 11.8 Å². The molecule has 4 aliphatic heterocycles. The van der Waals surface area contributed by atoms with Gasteiger partial charge < -0.3 is 29.1 Å². The lowest BCUT2D eigenvalue weighted by molar-refractivity contribution is -0.146. The number of carbonyl (C=O) groups excluding carboxylic acids is 2. The van der Waals surface area contributed by atoms with Crippen LogP contribution in [0.3, 0.4) is 0 Å². The Labute approximate surface area is 248 Å². The van der Waals surface area contributed by atoms with Gasteiger partial charge in [-0.25, -0.2) is 0 Å². The van der Waals surface area contributed by atoms with E-state index in [2.05, 4.69) is 16.8 Å². The zero-order valence-corrected chi connectivity index (χ0v) is 25.7. The van der Waals surface area contributed by atoms with Crippen LogP contribution in [0.2, 0.25) is 18.6 Å². The van der Waals surface area contributed by atoms with Crippen LogP contribution in [0, 0.1) is 5.92 Å². The number of para-hydroxylation sites is 1. The lowest BCUT2D eigenvalue weighted by Crippen LogP contribution is -2.55. The molecule has 2 spiro atoms. The molecule has 224 valence electrons. The number of anilines is 3. The number of aliphatic hydroxyl groups excluding tert-OH is 1. The summed E-state index contributed by atoms with van der Waals surface area (Å²) in [6.45, 7) is 11.1. The van der Waals surface area contributed by atoms with E-state index in [9.17, 15) is 14.7 Å². The fourth-order valence-corrected chi connectivity index (χ4v) is 10.6.